The summed E-state index contributed by atoms with van der Waals surface area (Å²) in [6, 6.07) is 9.29. The van der Waals surface area contributed by atoms with Gasteiger partial charge >= 0.3 is 0 Å². The van der Waals surface area contributed by atoms with E-state index in [-0.39, 0.29) is 0 Å². The molecular formula is C14H20ClNS. The molecule has 17 heavy (non-hydrogen) atoms. The van der Waals surface area contributed by atoms with E-state index >= 15 is 0 Å². The van der Waals surface area contributed by atoms with Gasteiger partial charge in [-0.25, -0.2) is 0 Å². The Morgan fingerprint density at radius 1 is 1.53 bits per heavy atom. The van der Waals surface area contributed by atoms with E-state index in [2.05, 4.69) is 43.1 Å². The largest absolute Gasteiger partial charge is 0.306 e. The molecule has 1 aliphatic rings. The molecule has 3 atom stereocenters. The first-order valence-corrected chi connectivity index (χ1v) is 7.76. The third-order valence-electron chi connectivity index (χ3n) is 3.45. The average molecular weight is 270 g/mol. The Balaban J connectivity index is 2.06. The van der Waals surface area contributed by atoms with Gasteiger partial charge in [-0.3, -0.25) is 0 Å². The maximum Gasteiger partial charge on any atom is 0.0409 e. The fourth-order valence-electron chi connectivity index (χ4n) is 2.38. The zero-order chi connectivity index (χ0) is 12.3. The van der Waals surface area contributed by atoms with E-state index < -0.39 is 0 Å². The van der Waals surface area contributed by atoms with Crippen molar-refractivity contribution in [2.75, 3.05) is 5.75 Å². The second kappa shape index (κ2) is 6.12. The van der Waals surface area contributed by atoms with Gasteiger partial charge in [-0.2, -0.15) is 11.8 Å². The van der Waals surface area contributed by atoms with Crippen LogP contribution in [0, 0.1) is 0 Å². The minimum atomic E-state index is 0.430. The first kappa shape index (κ1) is 13.3. The molecule has 94 valence electrons. The molecule has 0 bridgehead atoms. The molecule has 1 aromatic carbocycles. The third-order valence-corrected chi connectivity index (χ3v) is 5.01. The fraction of sp³-hybridized carbons (Fsp3) is 0.571. The molecular weight excluding hydrogens is 250 g/mol. The molecule has 0 saturated carbocycles. The molecule has 0 amide bonds. The molecule has 3 unspecified atom stereocenters. The average Bonchev–Trinajstić information content (AvgIpc) is 2.71. The van der Waals surface area contributed by atoms with Crippen LogP contribution >= 0.6 is 23.4 Å². The lowest BCUT2D eigenvalue weighted by atomic mass is 10.0. The van der Waals surface area contributed by atoms with Crippen LogP contribution in [0.2, 0.25) is 5.02 Å². The van der Waals surface area contributed by atoms with Crippen LogP contribution in [-0.4, -0.2) is 17.0 Å². The molecule has 1 heterocycles. The van der Waals surface area contributed by atoms with Gasteiger partial charge in [0.05, 0.1) is 0 Å². The van der Waals surface area contributed by atoms with Crippen molar-refractivity contribution in [2.45, 2.75) is 44.0 Å². The Bertz CT molecular complexity index is 369. The number of rotatable bonds is 4. The zero-order valence-corrected chi connectivity index (χ0v) is 12.0. The van der Waals surface area contributed by atoms with Crippen molar-refractivity contribution in [3.8, 4) is 0 Å². The number of nitrogens with one attached hydrogen (secondary N) is 1. The summed E-state index contributed by atoms with van der Waals surface area (Å²) < 4.78 is 0. The summed E-state index contributed by atoms with van der Waals surface area (Å²) in [5.41, 5.74) is 1.31. The minimum absolute atomic E-state index is 0.430. The van der Waals surface area contributed by atoms with Crippen molar-refractivity contribution < 1.29 is 0 Å². The lowest BCUT2D eigenvalue weighted by molar-refractivity contribution is 0.425. The Hall–Kier alpha value is -0.180. The summed E-state index contributed by atoms with van der Waals surface area (Å²) in [4.78, 5) is 0. The second-order valence-corrected chi connectivity index (χ2v) is 6.58. The monoisotopic (exact) mass is 269 g/mol. The highest BCUT2D eigenvalue weighted by atomic mass is 35.5. The molecule has 0 spiro atoms. The fourth-order valence-corrected chi connectivity index (χ4v) is 3.79. The molecule has 0 radical (unpaired) electrons. The Morgan fingerprint density at radius 2 is 2.35 bits per heavy atom. The standard InChI is InChI=1S/C14H20ClNS/c1-3-13(11-5-4-6-12(15)9-11)16-14-7-8-17-10(14)2/h4-6,9-10,13-14,16H,3,7-8H2,1-2H3. The van der Waals surface area contributed by atoms with Gasteiger partial charge in [0.25, 0.3) is 0 Å². The van der Waals surface area contributed by atoms with Gasteiger partial charge < -0.3 is 5.32 Å². The lowest BCUT2D eigenvalue weighted by Crippen LogP contribution is -2.36. The van der Waals surface area contributed by atoms with E-state index in [0.717, 1.165) is 16.7 Å². The van der Waals surface area contributed by atoms with Crippen molar-refractivity contribution in [1.29, 1.82) is 0 Å². The van der Waals surface area contributed by atoms with E-state index in [1.807, 2.05) is 12.1 Å². The first-order valence-electron chi connectivity index (χ1n) is 6.34. The number of hydrogen-bond donors (Lipinski definition) is 1. The predicted octanol–water partition coefficient (Wildman–Crippen LogP) is 4.27. The second-order valence-electron chi connectivity index (χ2n) is 4.65. The SMILES string of the molecule is CCC(NC1CCSC1C)c1cccc(Cl)c1. The smallest absolute Gasteiger partial charge is 0.0409 e. The lowest BCUT2D eigenvalue weighted by Gasteiger charge is -2.24. The van der Waals surface area contributed by atoms with Crippen molar-refractivity contribution in [3.63, 3.8) is 0 Å². The van der Waals surface area contributed by atoms with Crippen LogP contribution in [0.3, 0.4) is 0 Å². The Labute approximate surface area is 113 Å². The summed E-state index contributed by atoms with van der Waals surface area (Å²) >= 11 is 8.13. The first-order chi connectivity index (χ1) is 8.20. The number of thioether (sulfide) groups is 1. The van der Waals surface area contributed by atoms with Crippen LogP contribution in [0.1, 0.15) is 38.3 Å². The maximum absolute atomic E-state index is 6.06. The van der Waals surface area contributed by atoms with E-state index in [1.54, 1.807) is 0 Å². The summed E-state index contributed by atoms with van der Waals surface area (Å²) in [5.74, 6) is 1.28. The number of benzene rings is 1. The number of hydrogen-bond acceptors (Lipinski definition) is 2. The highest BCUT2D eigenvalue weighted by molar-refractivity contribution is 8.00. The van der Waals surface area contributed by atoms with Crippen LogP contribution in [0.4, 0.5) is 0 Å². The van der Waals surface area contributed by atoms with Gasteiger partial charge in [-0.05, 0) is 36.3 Å². The minimum Gasteiger partial charge on any atom is -0.306 e. The van der Waals surface area contributed by atoms with Crippen molar-refractivity contribution >= 4 is 23.4 Å². The van der Waals surface area contributed by atoms with Gasteiger partial charge in [0, 0.05) is 22.4 Å². The number of halogens is 1. The van der Waals surface area contributed by atoms with Gasteiger partial charge in [0.2, 0.25) is 0 Å². The van der Waals surface area contributed by atoms with E-state index in [1.165, 1.54) is 17.7 Å². The normalized spacial score (nSPS) is 26.1. The van der Waals surface area contributed by atoms with Crippen LogP contribution in [0.5, 0.6) is 0 Å². The van der Waals surface area contributed by atoms with Gasteiger partial charge in [0.15, 0.2) is 0 Å². The topological polar surface area (TPSA) is 12.0 Å². The third kappa shape index (κ3) is 3.40. The molecule has 1 saturated heterocycles. The van der Waals surface area contributed by atoms with Crippen molar-refractivity contribution in [3.05, 3.63) is 34.9 Å². The Morgan fingerprint density at radius 3 is 2.94 bits per heavy atom. The van der Waals surface area contributed by atoms with E-state index in [0.29, 0.717) is 12.1 Å². The van der Waals surface area contributed by atoms with E-state index in [9.17, 15) is 0 Å². The molecule has 1 aliphatic heterocycles. The Kier molecular flexibility index (Phi) is 4.78. The quantitative estimate of drug-likeness (QED) is 0.876. The highest BCUT2D eigenvalue weighted by Gasteiger charge is 2.26. The zero-order valence-electron chi connectivity index (χ0n) is 10.4. The van der Waals surface area contributed by atoms with Crippen molar-refractivity contribution in [2.24, 2.45) is 0 Å². The predicted molar refractivity (Wildman–Crippen MR) is 77.9 cm³/mol. The van der Waals surface area contributed by atoms with Crippen LogP contribution in [-0.2, 0) is 0 Å². The van der Waals surface area contributed by atoms with Gasteiger partial charge in [-0.15, -0.1) is 0 Å². The van der Waals surface area contributed by atoms with Crippen LogP contribution in [0.25, 0.3) is 0 Å². The molecule has 1 N–H and O–H groups in total. The molecule has 3 heteroatoms. The highest BCUT2D eigenvalue weighted by Crippen LogP contribution is 2.29. The molecule has 1 fully saturated rings. The van der Waals surface area contributed by atoms with Crippen molar-refractivity contribution in [1.82, 2.24) is 5.32 Å². The summed E-state index contributed by atoms with van der Waals surface area (Å²) in [5, 5.41) is 5.33. The molecule has 1 aromatic rings. The van der Waals surface area contributed by atoms with Crippen LogP contribution < -0.4 is 5.32 Å². The molecule has 1 nitrogen and oxygen atoms in total. The van der Waals surface area contributed by atoms with E-state index in [4.69, 9.17) is 11.6 Å². The molecule has 2 rings (SSSR count). The van der Waals surface area contributed by atoms with Crippen LogP contribution in [0.15, 0.2) is 24.3 Å². The van der Waals surface area contributed by atoms with Gasteiger partial charge in [0.1, 0.15) is 0 Å². The molecule has 0 aliphatic carbocycles. The maximum atomic E-state index is 6.06. The summed E-state index contributed by atoms with van der Waals surface area (Å²) in [7, 11) is 0. The van der Waals surface area contributed by atoms with Gasteiger partial charge in [-0.1, -0.05) is 37.6 Å². The molecule has 0 aromatic heterocycles. The summed E-state index contributed by atoms with van der Waals surface area (Å²) in [6.07, 6.45) is 2.39. The summed E-state index contributed by atoms with van der Waals surface area (Å²) in [6.45, 7) is 4.55.